The largest absolute Gasteiger partial charge is 0.481 e. The van der Waals surface area contributed by atoms with Crippen molar-refractivity contribution in [1.29, 1.82) is 0 Å². The molecule has 1 unspecified atom stereocenters. The smallest absolute Gasteiger partial charge is 0.305 e. The van der Waals surface area contributed by atoms with Crippen molar-refractivity contribution in [2.75, 3.05) is 13.7 Å². The minimum absolute atomic E-state index is 0.155. The second-order valence-corrected chi connectivity index (χ2v) is 6.16. The molecular formula is C15H20BrNO4. The molecule has 0 aliphatic rings. The van der Waals surface area contributed by atoms with Gasteiger partial charge in [-0.15, -0.1) is 0 Å². The molecule has 0 spiro atoms. The van der Waals surface area contributed by atoms with E-state index in [0.717, 1.165) is 10.0 Å². The van der Waals surface area contributed by atoms with Crippen molar-refractivity contribution in [1.82, 2.24) is 5.32 Å². The predicted molar refractivity (Wildman–Crippen MR) is 83.1 cm³/mol. The molecule has 1 aromatic carbocycles. The average molecular weight is 358 g/mol. The Morgan fingerprint density at radius 2 is 2.14 bits per heavy atom. The molecule has 21 heavy (non-hydrogen) atoms. The van der Waals surface area contributed by atoms with Crippen LogP contribution >= 0.6 is 15.9 Å². The molecule has 5 nitrogen and oxygen atoms in total. The van der Waals surface area contributed by atoms with E-state index < -0.39 is 11.5 Å². The molecule has 6 heteroatoms. The Hall–Kier alpha value is -1.40. The molecule has 0 aliphatic heterocycles. The summed E-state index contributed by atoms with van der Waals surface area (Å²) in [4.78, 5) is 22.9. The van der Waals surface area contributed by atoms with E-state index in [1.165, 1.54) is 7.11 Å². The normalized spacial score (nSPS) is 13.5. The number of halogens is 1. The topological polar surface area (TPSA) is 75.6 Å². The molecular weight excluding hydrogens is 338 g/mol. The average Bonchev–Trinajstić information content (AvgIpc) is 2.35. The van der Waals surface area contributed by atoms with Gasteiger partial charge in [0.05, 0.1) is 18.6 Å². The van der Waals surface area contributed by atoms with Crippen molar-refractivity contribution >= 4 is 27.8 Å². The summed E-state index contributed by atoms with van der Waals surface area (Å²) in [6.07, 6.45) is 0.722. The number of hydrogen-bond donors (Lipinski definition) is 2. The molecule has 116 valence electrons. The third-order valence-electron chi connectivity index (χ3n) is 2.98. The number of carboxylic acids is 1. The lowest BCUT2D eigenvalue weighted by Gasteiger charge is -2.28. The maximum Gasteiger partial charge on any atom is 0.305 e. The number of carbonyl (C=O) groups is 2. The van der Waals surface area contributed by atoms with Gasteiger partial charge >= 0.3 is 5.97 Å². The van der Waals surface area contributed by atoms with Gasteiger partial charge in [0.1, 0.15) is 0 Å². The first-order valence-corrected chi connectivity index (χ1v) is 7.40. The maximum atomic E-state index is 12.0. The fraction of sp³-hybridized carbons (Fsp3) is 0.467. The molecule has 0 saturated carbocycles. The second-order valence-electron chi connectivity index (χ2n) is 5.24. The summed E-state index contributed by atoms with van der Waals surface area (Å²) in [7, 11) is 1.48. The molecule has 0 radical (unpaired) electrons. The number of carbonyl (C=O) groups excluding carboxylic acids is 1. The summed E-state index contributed by atoms with van der Waals surface area (Å²) in [6.45, 7) is 1.82. The van der Waals surface area contributed by atoms with Crippen molar-refractivity contribution < 1.29 is 19.4 Å². The van der Waals surface area contributed by atoms with E-state index in [4.69, 9.17) is 9.84 Å². The summed E-state index contributed by atoms with van der Waals surface area (Å²) in [5, 5.41) is 11.7. The number of methoxy groups -OCH3 is 1. The van der Waals surface area contributed by atoms with Crippen molar-refractivity contribution in [3.05, 3.63) is 34.3 Å². The van der Waals surface area contributed by atoms with E-state index in [9.17, 15) is 9.59 Å². The van der Waals surface area contributed by atoms with Crippen LogP contribution in [0.5, 0.6) is 0 Å². The van der Waals surface area contributed by atoms with Crippen LogP contribution in [0.3, 0.4) is 0 Å². The third-order valence-corrected chi connectivity index (χ3v) is 3.47. The second kappa shape index (κ2) is 8.14. The molecule has 0 aliphatic carbocycles. The fourth-order valence-electron chi connectivity index (χ4n) is 2.13. The number of hydrogen-bond acceptors (Lipinski definition) is 3. The van der Waals surface area contributed by atoms with E-state index in [1.54, 1.807) is 6.92 Å². The van der Waals surface area contributed by atoms with Crippen molar-refractivity contribution in [3.8, 4) is 0 Å². The summed E-state index contributed by atoms with van der Waals surface area (Å²) in [6, 6.07) is 7.74. The fourth-order valence-corrected chi connectivity index (χ4v) is 2.58. The number of nitrogens with one attached hydrogen (secondary N) is 1. The van der Waals surface area contributed by atoms with Crippen LogP contribution in [0.4, 0.5) is 0 Å². The zero-order chi connectivity index (χ0) is 15.9. The van der Waals surface area contributed by atoms with E-state index in [-0.39, 0.29) is 18.9 Å². The standard InChI is InChI=1S/C15H20BrNO4/c1-15(10-21-2,9-14(19)20)17-13(18)7-6-11-4-3-5-12(16)8-11/h3-5,8H,6-7,9-10H2,1-2H3,(H,17,18)(H,19,20). The van der Waals surface area contributed by atoms with Gasteiger partial charge in [0.25, 0.3) is 0 Å². The van der Waals surface area contributed by atoms with Crippen LogP contribution in [0.15, 0.2) is 28.7 Å². The number of aliphatic carboxylic acids is 1. The highest BCUT2D eigenvalue weighted by molar-refractivity contribution is 9.10. The van der Waals surface area contributed by atoms with Gasteiger partial charge in [-0.05, 0) is 31.0 Å². The third kappa shape index (κ3) is 6.73. The van der Waals surface area contributed by atoms with E-state index in [1.807, 2.05) is 24.3 Å². The van der Waals surface area contributed by atoms with Crippen molar-refractivity contribution in [3.63, 3.8) is 0 Å². The van der Waals surface area contributed by atoms with Crippen LogP contribution in [0, 0.1) is 0 Å². The quantitative estimate of drug-likeness (QED) is 0.748. The zero-order valence-electron chi connectivity index (χ0n) is 12.2. The highest BCUT2D eigenvalue weighted by Gasteiger charge is 2.29. The minimum Gasteiger partial charge on any atom is -0.481 e. The van der Waals surface area contributed by atoms with Crippen LogP contribution in [0.25, 0.3) is 0 Å². The van der Waals surface area contributed by atoms with Crippen LogP contribution < -0.4 is 5.32 Å². The van der Waals surface area contributed by atoms with Gasteiger partial charge < -0.3 is 15.2 Å². The van der Waals surface area contributed by atoms with Gasteiger partial charge in [0, 0.05) is 18.0 Å². The number of aryl methyl sites for hydroxylation is 1. The van der Waals surface area contributed by atoms with Crippen LogP contribution in [-0.2, 0) is 20.7 Å². The lowest BCUT2D eigenvalue weighted by molar-refractivity contribution is -0.139. The Bertz CT molecular complexity index is 506. The highest BCUT2D eigenvalue weighted by Crippen LogP contribution is 2.14. The Morgan fingerprint density at radius 3 is 2.71 bits per heavy atom. The Balaban J connectivity index is 2.56. The lowest BCUT2D eigenvalue weighted by Crippen LogP contribution is -2.50. The number of amides is 1. The molecule has 0 heterocycles. The number of carboxylic acid groups (broad SMARTS) is 1. The summed E-state index contributed by atoms with van der Waals surface area (Å²) in [5.74, 6) is -1.15. The van der Waals surface area contributed by atoms with Gasteiger partial charge in [0.15, 0.2) is 0 Å². The molecule has 0 aromatic heterocycles. The minimum atomic E-state index is -0.971. The molecule has 0 bridgehead atoms. The van der Waals surface area contributed by atoms with E-state index >= 15 is 0 Å². The molecule has 0 saturated heterocycles. The monoisotopic (exact) mass is 357 g/mol. The first-order chi connectivity index (χ1) is 9.84. The summed E-state index contributed by atoms with van der Waals surface area (Å²) in [5.41, 5.74) is 0.154. The molecule has 0 fully saturated rings. The lowest BCUT2D eigenvalue weighted by atomic mass is 9.98. The molecule has 1 rings (SSSR count). The zero-order valence-corrected chi connectivity index (χ0v) is 13.8. The molecule has 1 atom stereocenters. The van der Waals surface area contributed by atoms with Gasteiger partial charge in [-0.1, -0.05) is 28.1 Å². The van der Waals surface area contributed by atoms with Crippen LogP contribution in [0.2, 0.25) is 0 Å². The van der Waals surface area contributed by atoms with Gasteiger partial charge in [-0.25, -0.2) is 0 Å². The highest BCUT2D eigenvalue weighted by atomic mass is 79.9. The molecule has 1 amide bonds. The Labute approximate surface area is 132 Å². The summed E-state index contributed by atoms with van der Waals surface area (Å²) >= 11 is 3.38. The first-order valence-electron chi connectivity index (χ1n) is 6.61. The molecule has 1 aromatic rings. The van der Waals surface area contributed by atoms with E-state index in [2.05, 4.69) is 21.2 Å². The Kier molecular flexibility index (Phi) is 6.84. The predicted octanol–water partition coefficient (Wildman–Crippen LogP) is 2.38. The maximum absolute atomic E-state index is 12.0. The summed E-state index contributed by atoms with van der Waals surface area (Å²) < 4.78 is 5.97. The van der Waals surface area contributed by atoms with Crippen LogP contribution in [-0.4, -0.2) is 36.2 Å². The van der Waals surface area contributed by atoms with Crippen molar-refractivity contribution in [2.45, 2.75) is 31.7 Å². The Morgan fingerprint density at radius 1 is 1.43 bits per heavy atom. The van der Waals surface area contributed by atoms with Crippen molar-refractivity contribution in [2.24, 2.45) is 0 Å². The van der Waals surface area contributed by atoms with Gasteiger partial charge in [-0.2, -0.15) is 0 Å². The first kappa shape index (κ1) is 17.7. The SMILES string of the molecule is COCC(C)(CC(=O)O)NC(=O)CCc1cccc(Br)c1. The number of benzene rings is 1. The molecule has 2 N–H and O–H groups in total. The number of rotatable bonds is 8. The van der Waals surface area contributed by atoms with Gasteiger partial charge in [0.2, 0.25) is 5.91 Å². The van der Waals surface area contributed by atoms with Crippen LogP contribution in [0.1, 0.15) is 25.3 Å². The number of ether oxygens (including phenoxy) is 1. The van der Waals surface area contributed by atoms with E-state index in [0.29, 0.717) is 12.8 Å². The van der Waals surface area contributed by atoms with Gasteiger partial charge in [-0.3, -0.25) is 9.59 Å².